The Labute approximate surface area is 183 Å². The van der Waals surface area contributed by atoms with Gasteiger partial charge in [0.2, 0.25) is 10.0 Å². The van der Waals surface area contributed by atoms with Gasteiger partial charge in [-0.3, -0.25) is 4.79 Å². The molecule has 0 aromatic heterocycles. The number of hydrogen-bond donors (Lipinski definition) is 0. The Morgan fingerprint density at radius 2 is 1.48 bits per heavy atom. The molecule has 1 amide bonds. The summed E-state index contributed by atoms with van der Waals surface area (Å²) in [5, 5.41) is 0. The van der Waals surface area contributed by atoms with Crippen molar-refractivity contribution >= 4 is 15.9 Å². The summed E-state index contributed by atoms with van der Waals surface area (Å²) in [6, 6.07) is 12.9. The van der Waals surface area contributed by atoms with E-state index in [1.165, 1.54) is 16.4 Å². The minimum Gasteiger partial charge on any atom is -0.338 e. The van der Waals surface area contributed by atoms with Crippen LogP contribution in [0.5, 0.6) is 0 Å². The van der Waals surface area contributed by atoms with Gasteiger partial charge in [-0.1, -0.05) is 25.0 Å². The largest absolute Gasteiger partial charge is 0.338 e. The van der Waals surface area contributed by atoms with Gasteiger partial charge in [-0.25, -0.2) is 12.8 Å². The van der Waals surface area contributed by atoms with Crippen molar-refractivity contribution in [3.05, 3.63) is 65.5 Å². The molecule has 0 N–H and O–H groups in total. The zero-order valence-corrected chi connectivity index (χ0v) is 18.5. The van der Waals surface area contributed by atoms with Gasteiger partial charge in [0.05, 0.1) is 4.90 Å². The van der Waals surface area contributed by atoms with Crippen LogP contribution >= 0.6 is 0 Å². The predicted octanol–water partition coefficient (Wildman–Crippen LogP) is 4.41. The molecule has 166 valence electrons. The summed E-state index contributed by atoms with van der Waals surface area (Å²) in [7, 11) is -3.51. The molecule has 2 heterocycles. The standard InChI is InChI=1S/C24H29FN2O3S/c25-22-11-7-19(8-12-22)21-6-2-5-15-26(18-21)24(28)20-9-13-23(14-10-20)31(29,30)27-16-3-1-4-17-27/h7-14,21H,1-6,15-18H2. The highest BCUT2D eigenvalue weighted by Gasteiger charge is 2.27. The predicted molar refractivity (Wildman–Crippen MR) is 118 cm³/mol. The summed E-state index contributed by atoms with van der Waals surface area (Å²) < 4.78 is 40.5. The Bertz CT molecular complexity index is 1000. The maximum absolute atomic E-state index is 13.3. The van der Waals surface area contributed by atoms with Crippen LogP contribution in [0.2, 0.25) is 0 Å². The van der Waals surface area contributed by atoms with Crippen molar-refractivity contribution in [2.75, 3.05) is 26.2 Å². The molecule has 2 aromatic carbocycles. The fraction of sp³-hybridized carbons (Fsp3) is 0.458. The molecule has 2 aliphatic rings. The van der Waals surface area contributed by atoms with Gasteiger partial charge in [-0.15, -0.1) is 0 Å². The number of piperidine rings is 1. The lowest BCUT2D eigenvalue weighted by atomic mass is 9.94. The second-order valence-corrected chi connectivity index (χ2v) is 10.4. The lowest BCUT2D eigenvalue weighted by molar-refractivity contribution is 0.0754. The summed E-state index contributed by atoms with van der Waals surface area (Å²) in [6.07, 6.45) is 5.74. The highest BCUT2D eigenvalue weighted by Crippen LogP contribution is 2.28. The van der Waals surface area contributed by atoms with Gasteiger partial charge in [-0.2, -0.15) is 4.31 Å². The second-order valence-electron chi connectivity index (χ2n) is 8.48. The zero-order valence-electron chi connectivity index (χ0n) is 17.7. The smallest absolute Gasteiger partial charge is 0.253 e. The van der Waals surface area contributed by atoms with E-state index in [9.17, 15) is 17.6 Å². The minimum atomic E-state index is -3.51. The lowest BCUT2D eigenvalue weighted by Crippen LogP contribution is -2.36. The van der Waals surface area contributed by atoms with E-state index >= 15 is 0 Å². The van der Waals surface area contributed by atoms with Crippen molar-refractivity contribution in [2.24, 2.45) is 0 Å². The van der Waals surface area contributed by atoms with Gasteiger partial charge in [0.1, 0.15) is 5.82 Å². The summed E-state index contributed by atoms with van der Waals surface area (Å²) >= 11 is 0. The number of halogens is 1. The fourth-order valence-corrected chi connectivity index (χ4v) is 6.06. The number of nitrogens with zero attached hydrogens (tertiary/aromatic N) is 2. The van der Waals surface area contributed by atoms with Gasteiger partial charge in [0.15, 0.2) is 0 Å². The Morgan fingerprint density at radius 3 is 2.16 bits per heavy atom. The molecular weight excluding hydrogens is 415 g/mol. The van der Waals surface area contributed by atoms with E-state index in [4.69, 9.17) is 0 Å². The van der Waals surface area contributed by atoms with Crippen molar-refractivity contribution in [3.63, 3.8) is 0 Å². The van der Waals surface area contributed by atoms with Crippen molar-refractivity contribution in [1.82, 2.24) is 9.21 Å². The minimum absolute atomic E-state index is 0.0871. The SMILES string of the molecule is O=C(c1ccc(S(=O)(=O)N2CCCCC2)cc1)N1CCCCC(c2ccc(F)cc2)C1. The first-order valence-corrected chi connectivity index (χ1v) is 12.5. The third-order valence-corrected chi connectivity index (χ3v) is 8.27. The first kappa shape index (κ1) is 22.0. The number of carbonyl (C=O) groups excluding carboxylic acids is 1. The van der Waals surface area contributed by atoms with E-state index in [1.807, 2.05) is 4.90 Å². The summed E-state index contributed by atoms with van der Waals surface area (Å²) in [5.74, 6) is -0.174. The van der Waals surface area contributed by atoms with E-state index in [1.54, 1.807) is 36.4 Å². The van der Waals surface area contributed by atoms with Crippen molar-refractivity contribution in [2.45, 2.75) is 49.3 Å². The number of hydrogen-bond acceptors (Lipinski definition) is 3. The van der Waals surface area contributed by atoms with Gasteiger partial charge in [0.25, 0.3) is 5.91 Å². The van der Waals surface area contributed by atoms with E-state index in [2.05, 4.69) is 0 Å². The first-order valence-electron chi connectivity index (χ1n) is 11.1. The van der Waals surface area contributed by atoms with E-state index in [-0.39, 0.29) is 22.5 Å². The summed E-state index contributed by atoms with van der Waals surface area (Å²) in [4.78, 5) is 15.2. The lowest BCUT2D eigenvalue weighted by Gasteiger charge is -2.26. The van der Waals surface area contributed by atoms with Gasteiger partial charge >= 0.3 is 0 Å². The molecule has 2 aliphatic heterocycles. The van der Waals surface area contributed by atoms with Crippen LogP contribution in [-0.2, 0) is 10.0 Å². The number of likely N-dealkylation sites (tertiary alicyclic amines) is 1. The van der Waals surface area contributed by atoms with E-state index < -0.39 is 10.0 Å². The number of sulfonamides is 1. The molecule has 31 heavy (non-hydrogen) atoms. The molecule has 0 spiro atoms. The quantitative estimate of drug-likeness (QED) is 0.702. The second kappa shape index (κ2) is 9.49. The maximum Gasteiger partial charge on any atom is 0.253 e. The Morgan fingerprint density at radius 1 is 0.839 bits per heavy atom. The van der Waals surface area contributed by atoms with Gasteiger partial charge in [0, 0.05) is 37.7 Å². The molecule has 0 radical (unpaired) electrons. The normalized spacial score (nSPS) is 20.9. The van der Waals surface area contributed by atoms with Crippen molar-refractivity contribution in [3.8, 4) is 0 Å². The average molecular weight is 445 g/mol. The van der Waals surface area contributed by atoms with E-state index in [0.717, 1.165) is 44.1 Å². The molecule has 2 aromatic rings. The number of carbonyl (C=O) groups is 1. The highest BCUT2D eigenvalue weighted by molar-refractivity contribution is 7.89. The van der Waals surface area contributed by atoms with Crippen LogP contribution in [0, 0.1) is 5.82 Å². The average Bonchev–Trinajstić information content (AvgIpc) is 3.06. The molecule has 0 saturated carbocycles. The molecule has 2 saturated heterocycles. The number of amides is 1. The molecule has 4 rings (SSSR count). The van der Waals surface area contributed by atoms with Crippen LogP contribution in [-0.4, -0.2) is 49.7 Å². The topological polar surface area (TPSA) is 57.7 Å². The molecule has 1 atom stereocenters. The molecular formula is C24H29FN2O3S. The van der Waals surface area contributed by atoms with Crippen LogP contribution < -0.4 is 0 Å². The summed E-state index contributed by atoms with van der Waals surface area (Å²) in [5.41, 5.74) is 1.54. The first-order chi connectivity index (χ1) is 14.9. The molecule has 7 heteroatoms. The molecule has 0 bridgehead atoms. The monoisotopic (exact) mass is 444 g/mol. The molecule has 0 aliphatic carbocycles. The molecule has 2 fully saturated rings. The van der Waals surface area contributed by atoms with Gasteiger partial charge in [-0.05, 0) is 67.6 Å². The third kappa shape index (κ3) is 4.99. The third-order valence-electron chi connectivity index (χ3n) is 6.35. The Balaban J connectivity index is 1.48. The van der Waals surface area contributed by atoms with Crippen molar-refractivity contribution < 1.29 is 17.6 Å². The highest BCUT2D eigenvalue weighted by atomic mass is 32.2. The fourth-order valence-electron chi connectivity index (χ4n) is 4.54. The van der Waals surface area contributed by atoms with Crippen LogP contribution in [0.25, 0.3) is 0 Å². The molecule has 5 nitrogen and oxygen atoms in total. The van der Waals surface area contributed by atoms with Crippen LogP contribution in [0.15, 0.2) is 53.4 Å². The van der Waals surface area contributed by atoms with Crippen molar-refractivity contribution in [1.29, 1.82) is 0 Å². The van der Waals surface area contributed by atoms with Crippen LogP contribution in [0.4, 0.5) is 4.39 Å². The Hall–Kier alpha value is -2.25. The molecule has 1 unspecified atom stereocenters. The zero-order chi connectivity index (χ0) is 21.8. The van der Waals surface area contributed by atoms with Crippen LogP contribution in [0.3, 0.4) is 0 Å². The van der Waals surface area contributed by atoms with Crippen LogP contribution in [0.1, 0.15) is 60.4 Å². The van der Waals surface area contributed by atoms with E-state index in [0.29, 0.717) is 31.7 Å². The van der Waals surface area contributed by atoms with Gasteiger partial charge < -0.3 is 4.90 Å². The number of benzene rings is 2. The Kier molecular flexibility index (Phi) is 6.72. The maximum atomic E-state index is 13.3. The summed E-state index contributed by atoms with van der Waals surface area (Å²) in [6.45, 7) is 2.37. The number of rotatable bonds is 4.